The monoisotopic (exact) mass is 467 g/mol. The third-order valence-corrected chi connectivity index (χ3v) is 7.24. The maximum atomic E-state index is 13.7. The molecule has 4 rings (SSSR count). The molecule has 0 aliphatic rings. The molecule has 0 radical (unpaired) electrons. The van der Waals surface area contributed by atoms with Crippen LogP contribution in [0.15, 0.2) is 65.8 Å². The highest BCUT2D eigenvalue weighted by Gasteiger charge is 2.23. The summed E-state index contributed by atoms with van der Waals surface area (Å²) in [6.45, 7) is 6.69. The number of aromatic nitrogens is 2. The van der Waals surface area contributed by atoms with Gasteiger partial charge in [0, 0.05) is 28.1 Å². The number of aryl methyl sites for hydroxylation is 1. The lowest BCUT2D eigenvalue weighted by atomic mass is 10.2. The summed E-state index contributed by atoms with van der Waals surface area (Å²) in [5.74, 6) is -0.0872. The van der Waals surface area contributed by atoms with Crippen LogP contribution in [0.1, 0.15) is 35.3 Å². The molecule has 158 valence electrons. The molecule has 0 atom stereocenters. The Labute approximate surface area is 195 Å². The summed E-state index contributed by atoms with van der Waals surface area (Å²) in [7, 11) is 0. The van der Waals surface area contributed by atoms with Crippen molar-refractivity contribution in [3.05, 3.63) is 82.6 Å². The van der Waals surface area contributed by atoms with Crippen LogP contribution < -0.4 is 4.90 Å². The Balaban J connectivity index is 1.77. The quantitative estimate of drug-likeness (QED) is 0.286. The number of halogens is 1. The minimum absolute atomic E-state index is 0.0872. The first-order valence-corrected chi connectivity index (χ1v) is 12.0. The normalized spacial score (nSPS) is 11.3. The number of anilines is 1. The number of hydrogen-bond donors (Lipinski definition) is 0. The molecule has 0 spiro atoms. The second kappa shape index (κ2) is 9.39. The summed E-state index contributed by atoms with van der Waals surface area (Å²) in [6, 6.07) is 15.4. The van der Waals surface area contributed by atoms with Crippen LogP contribution >= 0.6 is 34.7 Å². The topological polar surface area (TPSA) is 46.1 Å². The Morgan fingerprint density at radius 2 is 1.94 bits per heavy atom. The van der Waals surface area contributed by atoms with E-state index in [-0.39, 0.29) is 5.91 Å². The van der Waals surface area contributed by atoms with Gasteiger partial charge < -0.3 is 0 Å². The molecule has 31 heavy (non-hydrogen) atoms. The average Bonchev–Trinajstić information content (AvgIpc) is 3.21. The largest absolute Gasteiger partial charge is 0.279 e. The predicted molar refractivity (Wildman–Crippen MR) is 132 cm³/mol. The van der Waals surface area contributed by atoms with Crippen molar-refractivity contribution in [1.82, 2.24) is 9.97 Å². The fourth-order valence-electron chi connectivity index (χ4n) is 3.23. The number of thioether (sulfide) groups is 1. The van der Waals surface area contributed by atoms with Gasteiger partial charge in [0.25, 0.3) is 5.91 Å². The van der Waals surface area contributed by atoms with E-state index >= 15 is 0 Å². The van der Waals surface area contributed by atoms with Crippen molar-refractivity contribution in [2.45, 2.75) is 37.5 Å². The Kier molecular flexibility index (Phi) is 6.60. The molecule has 1 amide bonds. The third-order valence-electron chi connectivity index (χ3n) is 4.70. The highest BCUT2D eigenvalue weighted by molar-refractivity contribution is 7.99. The number of hydrogen-bond acceptors (Lipinski definition) is 5. The van der Waals surface area contributed by atoms with Crippen LogP contribution in [0.25, 0.3) is 10.2 Å². The van der Waals surface area contributed by atoms with Crippen LogP contribution in [0, 0.1) is 6.92 Å². The van der Waals surface area contributed by atoms with Gasteiger partial charge in [-0.2, -0.15) is 0 Å². The molecule has 0 aliphatic heterocycles. The van der Waals surface area contributed by atoms with E-state index in [4.69, 9.17) is 16.6 Å². The standard InChI is InChI=1S/C24H22ClN3OS2/c1-15(2)30-19-6-4-5-18(13-19)23(29)28(14-17-9-11-26-12-10-17)24-27-21-16(3)7-8-20(25)22(21)31-24/h4-13,15H,14H2,1-3H3. The minimum Gasteiger partial charge on any atom is -0.279 e. The summed E-state index contributed by atoms with van der Waals surface area (Å²) in [4.78, 5) is 25.4. The molecule has 0 unspecified atom stereocenters. The maximum absolute atomic E-state index is 13.7. The third kappa shape index (κ3) is 4.92. The second-order valence-corrected chi connectivity index (χ2v) is 10.5. The number of amides is 1. The lowest BCUT2D eigenvalue weighted by Crippen LogP contribution is -2.30. The fourth-order valence-corrected chi connectivity index (χ4v) is 5.44. The van der Waals surface area contributed by atoms with E-state index in [9.17, 15) is 4.79 Å². The van der Waals surface area contributed by atoms with Gasteiger partial charge in [0.1, 0.15) is 0 Å². The lowest BCUT2D eigenvalue weighted by molar-refractivity contribution is 0.0985. The van der Waals surface area contributed by atoms with Gasteiger partial charge >= 0.3 is 0 Å². The molecule has 0 aliphatic carbocycles. The van der Waals surface area contributed by atoms with Crippen molar-refractivity contribution in [3.63, 3.8) is 0 Å². The fraction of sp³-hybridized carbons (Fsp3) is 0.208. The van der Waals surface area contributed by atoms with Gasteiger partial charge in [0.05, 0.1) is 21.8 Å². The number of carbonyl (C=O) groups excluding carboxylic acids is 1. The molecular formula is C24H22ClN3OS2. The number of benzene rings is 2. The molecular weight excluding hydrogens is 446 g/mol. The number of pyridine rings is 1. The van der Waals surface area contributed by atoms with Gasteiger partial charge in [-0.05, 0) is 54.4 Å². The number of fused-ring (bicyclic) bond motifs is 1. The smallest absolute Gasteiger partial charge is 0.260 e. The molecule has 0 fully saturated rings. The van der Waals surface area contributed by atoms with E-state index in [1.165, 1.54) is 11.3 Å². The summed E-state index contributed by atoms with van der Waals surface area (Å²) in [5, 5.41) is 1.72. The molecule has 4 nitrogen and oxygen atoms in total. The first kappa shape index (κ1) is 21.8. The van der Waals surface area contributed by atoms with Crippen molar-refractivity contribution >= 4 is 56.0 Å². The summed E-state index contributed by atoms with van der Waals surface area (Å²) < 4.78 is 0.897. The van der Waals surface area contributed by atoms with Gasteiger partial charge in [0.15, 0.2) is 5.13 Å². The highest BCUT2D eigenvalue weighted by atomic mass is 35.5. The molecule has 4 aromatic rings. The van der Waals surface area contributed by atoms with E-state index in [0.717, 1.165) is 26.2 Å². The lowest BCUT2D eigenvalue weighted by Gasteiger charge is -2.20. The Bertz CT molecular complexity index is 1190. The number of carbonyl (C=O) groups is 1. The minimum atomic E-state index is -0.0872. The zero-order chi connectivity index (χ0) is 22.0. The highest BCUT2D eigenvalue weighted by Crippen LogP contribution is 2.37. The molecule has 0 saturated carbocycles. The van der Waals surface area contributed by atoms with E-state index in [0.29, 0.717) is 27.5 Å². The first-order chi connectivity index (χ1) is 14.9. The van der Waals surface area contributed by atoms with Crippen molar-refractivity contribution in [2.75, 3.05) is 4.90 Å². The number of rotatable bonds is 6. The Morgan fingerprint density at radius 3 is 2.65 bits per heavy atom. The van der Waals surface area contributed by atoms with Gasteiger partial charge in [-0.15, -0.1) is 11.8 Å². The van der Waals surface area contributed by atoms with E-state index in [1.807, 2.05) is 55.5 Å². The predicted octanol–water partition coefficient (Wildman–Crippen LogP) is 7.00. The van der Waals surface area contributed by atoms with E-state index in [2.05, 4.69) is 18.8 Å². The maximum Gasteiger partial charge on any atom is 0.260 e. The molecule has 2 aromatic heterocycles. The molecule has 2 heterocycles. The number of thiazole rings is 1. The van der Waals surface area contributed by atoms with Crippen LogP contribution in [0.3, 0.4) is 0 Å². The summed E-state index contributed by atoms with van der Waals surface area (Å²) >= 11 is 9.61. The van der Waals surface area contributed by atoms with Crippen LogP contribution in [0.2, 0.25) is 5.02 Å². The van der Waals surface area contributed by atoms with Gasteiger partial charge in [-0.25, -0.2) is 4.98 Å². The molecule has 2 aromatic carbocycles. The van der Waals surface area contributed by atoms with Crippen LogP contribution in [0.4, 0.5) is 5.13 Å². The van der Waals surface area contributed by atoms with E-state index < -0.39 is 0 Å². The molecule has 7 heteroatoms. The second-order valence-electron chi connectivity index (χ2n) is 7.48. The zero-order valence-corrected chi connectivity index (χ0v) is 19.9. The Morgan fingerprint density at radius 1 is 1.16 bits per heavy atom. The average molecular weight is 468 g/mol. The van der Waals surface area contributed by atoms with Gasteiger partial charge in [-0.3, -0.25) is 14.7 Å². The Hall–Kier alpha value is -2.41. The summed E-state index contributed by atoms with van der Waals surface area (Å²) in [5.41, 5.74) is 3.50. The summed E-state index contributed by atoms with van der Waals surface area (Å²) in [6.07, 6.45) is 3.47. The van der Waals surface area contributed by atoms with Gasteiger partial charge in [0.2, 0.25) is 0 Å². The van der Waals surface area contributed by atoms with Gasteiger partial charge in [-0.1, -0.05) is 48.9 Å². The van der Waals surface area contributed by atoms with Crippen LogP contribution in [-0.2, 0) is 6.54 Å². The zero-order valence-electron chi connectivity index (χ0n) is 17.5. The van der Waals surface area contributed by atoms with Crippen molar-refractivity contribution < 1.29 is 4.79 Å². The molecule has 0 N–H and O–H groups in total. The van der Waals surface area contributed by atoms with E-state index in [1.54, 1.807) is 29.1 Å². The van der Waals surface area contributed by atoms with Crippen molar-refractivity contribution in [3.8, 4) is 0 Å². The molecule has 0 saturated heterocycles. The van der Waals surface area contributed by atoms with Crippen LogP contribution in [-0.4, -0.2) is 21.1 Å². The van der Waals surface area contributed by atoms with Crippen LogP contribution in [0.5, 0.6) is 0 Å². The number of nitrogens with zero attached hydrogens (tertiary/aromatic N) is 3. The SMILES string of the molecule is Cc1ccc(Cl)c2sc(N(Cc3ccncc3)C(=O)c3cccc(SC(C)C)c3)nc12. The van der Waals surface area contributed by atoms with Crippen molar-refractivity contribution in [2.24, 2.45) is 0 Å². The molecule has 0 bridgehead atoms. The van der Waals surface area contributed by atoms with Crippen molar-refractivity contribution in [1.29, 1.82) is 0 Å². The first-order valence-electron chi connectivity index (χ1n) is 9.95.